The van der Waals surface area contributed by atoms with Crippen LogP contribution in [0.5, 0.6) is 5.75 Å². The van der Waals surface area contributed by atoms with Crippen molar-refractivity contribution < 1.29 is 19.1 Å². The molecule has 1 amide bonds. The molecule has 1 aliphatic rings. The van der Waals surface area contributed by atoms with Gasteiger partial charge in [0.15, 0.2) is 0 Å². The first-order valence-electron chi connectivity index (χ1n) is 11.3. The van der Waals surface area contributed by atoms with E-state index in [4.69, 9.17) is 9.47 Å². The molecule has 0 aliphatic heterocycles. The minimum absolute atomic E-state index is 0.0604. The van der Waals surface area contributed by atoms with E-state index >= 15 is 0 Å². The lowest BCUT2D eigenvalue weighted by atomic mass is 9.86. The van der Waals surface area contributed by atoms with Gasteiger partial charge in [-0.2, -0.15) is 0 Å². The normalized spacial score (nSPS) is 18.5. The first-order valence-corrected chi connectivity index (χ1v) is 11.3. The van der Waals surface area contributed by atoms with Crippen molar-refractivity contribution in [2.24, 2.45) is 5.92 Å². The van der Waals surface area contributed by atoms with E-state index in [0.29, 0.717) is 31.1 Å². The fraction of sp³-hybridized carbons (Fsp3) is 0.520. The van der Waals surface area contributed by atoms with E-state index in [1.165, 1.54) is 19.3 Å². The average molecular weight is 427 g/mol. The highest BCUT2D eigenvalue weighted by atomic mass is 16.5. The number of amides is 1. The van der Waals surface area contributed by atoms with Crippen LogP contribution in [0.4, 0.5) is 0 Å². The number of carbonyl (C=O) groups is 2. The van der Waals surface area contributed by atoms with Crippen molar-refractivity contribution in [3.8, 4) is 17.0 Å². The van der Waals surface area contributed by atoms with Crippen LogP contribution in [0.25, 0.3) is 11.3 Å². The van der Waals surface area contributed by atoms with Crippen LogP contribution in [0.1, 0.15) is 62.0 Å². The molecule has 1 saturated carbocycles. The maximum Gasteiger partial charge on any atom is 0.339 e. The molecule has 0 bridgehead atoms. The van der Waals surface area contributed by atoms with E-state index in [1.54, 1.807) is 14.0 Å². The number of methoxy groups -OCH3 is 1. The lowest BCUT2D eigenvalue weighted by Gasteiger charge is -2.29. The minimum atomic E-state index is -0.339. The van der Waals surface area contributed by atoms with Crippen LogP contribution >= 0.6 is 0 Å². The zero-order chi connectivity index (χ0) is 22.4. The molecule has 0 radical (unpaired) electrons. The number of hydrogen-bond acceptors (Lipinski definition) is 4. The largest absolute Gasteiger partial charge is 0.497 e. The van der Waals surface area contributed by atoms with E-state index in [-0.39, 0.29) is 17.9 Å². The number of esters is 1. The van der Waals surface area contributed by atoms with E-state index in [2.05, 4.69) is 12.2 Å². The Balaban J connectivity index is 1.81. The van der Waals surface area contributed by atoms with Crippen molar-refractivity contribution in [2.75, 3.05) is 13.7 Å². The lowest BCUT2D eigenvalue weighted by molar-refractivity contribution is -0.122. The fourth-order valence-corrected chi connectivity index (χ4v) is 4.37. The summed E-state index contributed by atoms with van der Waals surface area (Å²) in [7, 11) is 1.63. The van der Waals surface area contributed by atoms with Gasteiger partial charge < -0.3 is 19.4 Å². The number of ether oxygens (including phenoxy) is 2. The maximum atomic E-state index is 12.7. The van der Waals surface area contributed by atoms with Gasteiger partial charge in [-0.15, -0.1) is 0 Å². The number of aromatic nitrogens is 1. The molecule has 31 heavy (non-hydrogen) atoms. The fourth-order valence-electron chi connectivity index (χ4n) is 4.37. The monoisotopic (exact) mass is 426 g/mol. The van der Waals surface area contributed by atoms with Gasteiger partial charge in [0.05, 0.1) is 19.3 Å². The molecule has 1 heterocycles. The summed E-state index contributed by atoms with van der Waals surface area (Å²) in [5.74, 6) is 1.01. The Labute approximate surface area is 184 Å². The van der Waals surface area contributed by atoms with Crippen molar-refractivity contribution in [3.63, 3.8) is 0 Å². The Bertz CT molecular complexity index is 901. The number of nitrogens with one attached hydrogen (secondary N) is 1. The molecular formula is C25H34N2O4. The summed E-state index contributed by atoms with van der Waals surface area (Å²) >= 11 is 0. The third-order valence-corrected chi connectivity index (χ3v) is 6.27. The van der Waals surface area contributed by atoms with E-state index in [9.17, 15) is 9.59 Å². The molecule has 0 saturated heterocycles. The van der Waals surface area contributed by atoms with Crippen LogP contribution in [-0.4, -0.2) is 36.2 Å². The topological polar surface area (TPSA) is 69.6 Å². The molecule has 1 aromatic carbocycles. The van der Waals surface area contributed by atoms with Crippen molar-refractivity contribution in [3.05, 3.63) is 41.6 Å². The predicted molar refractivity (Wildman–Crippen MR) is 121 cm³/mol. The molecule has 2 aromatic rings. The minimum Gasteiger partial charge on any atom is -0.497 e. The Kier molecular flexibility index (Phi) is 7.77. The van der Waals surface area contributed by atoms with Gasteiger partial charge in [0, 0.05) is 30.4 Å². The third kappa shape index (κ3) is 5.49. The number of hydrogen-bond donors (Lipinski definition) is 1. The van der Waals surface area contributed by atoms with E-state index in [0.717, 1.165) is 29.1 Å². The van der Waals surface area contributed by atoms with Crippen LogP contribution in [0.2, 0.25) is 0 Å². The van der Waals surface area contributed by atoms with Crippen LogP contribution in [0.3, 0.4) is 0 Å². The first kappa shape index (κ1) is 22.9. The molecule has 168 valence electrons. The second kappa shape index (κ2) is 10.5. The van der Waals surface area contributed by atoms with Crippen LogP contribution in [0, 0.1) is 12.8 Å². The van der Waals surface area contributed by atoms with Gasteiger partial charge in [0.25, 0.3) is 0 Å². The standard InChI is InChI=1S/C25H34N2O4/c1-5-31-25(29)21-16-23(19-10-12-20(30-4)13-11-19)27(18(21)3)15-14-24(28)26-22-9-7-6-8-17(22)2/h10-13,16-17,22H,5-9,14-15H2,1-4H3,(H,26,28)/t17-,22+/m0/s1. The molecule has 6 nitrogen and oxygen atoms in total. The summed E-state index contributed by atoms with van der Waals surface area (Å²) in [5.41, 5.74) is 3.19. The highest BCUT2D eigenvalue weighted by Crippen LogP contribution is 2.29. The second-order valence-corrected chi connectivity index (χ2v) is 8.32. The number of rotatable bonds is 8. The molecule has 6 heteroatoms. The van der Waals surface area contributed by atoms with Gasteiger partial charge in [-0.05, 0) is 68.5 Å². The lowest BCUT2D eigenvalue weighted by Crippen LogP contribution is -2.41. The summed E-state index contributed by atoms with van der Waals surface area (Å²) in [4.78, 5) is 25.1. The van der Waals surface area contributed by atoms with Crippen molar-refractivity contribution in [1.29, 1.82) is 0 Å². The zero-order valence-corrected chi connectivity index (χ0v) is 19.1. The first-order chi connectivity index (χ1) is 14.9. The van der Waals surface area contributed by atoms with Gasteiger partial charge in [0.1, 0.15) is 5.75 Å². The SMILES string of the molecule is CCOC(=O)c1cc(-c2ccc(OC)cc2)n(CCC(=O)N[C@@H]2CCCC[C@@H]2C)c1C. The maximum absolute atomic E-state index is 12.7. The molecule has 2 atom stereocenters. The average Bonchev–Trinajstić information content (AvgIpc) is 3.10. The predicted octanol–water partition coefficient (Wildman–Crippen LogP) is 4.73. The Morgan fingerprint density at radius 2 is 1.87 bits per heavy atom. The summed E-state index contributed by atoms with van der Waals surface area (Å²) in [6.07, 6.45) is 5.02. The number of carbonyl (C=O) groups excluding carboxylic acids is 2. The molecule has 1 fully saturated rings. The summed E-state index contributed by atoms with van der Waals surface area (Å²) in [6.45, 7) is 6.74. The molecule has 0 spiro atoms. The molecule has 0 unspecified atom stereocenters. The van der Waals surface area contributed by atoms with Crippen molar-refractivity contribution in [1.82, 2.24) is 9.88 Å². The van der Waals surface area contributed by atoms with Crippen LogP contribution in [-0.2, 0) is 16.1 Å². The van der Waals surface area contributed by atoms with Gasteiger partial charge in [-0.25, -0.2) is 4.79 Å². The van der Waals surface area contributed by atoms with Crippen molar-refractivity contribution in [2.45, 2.75) is 65.5 Å². The van der Waals surface area contributed by atoms with Gasteiger partial charge >= 0.3 is 5.97 Å². The van der Waals surface area contributed by atoms with Gasteiger partial charge in [-0.3, -0.25) is 4.79 Å². The Hall–Kier alpha value is -2.76. The molecule has 1 N–H and O–H groups in total. The number of benzene rings is 1. The van der Waals surface area contributed by atoms with Crippen molar-refractivity contribution >= 4 is 11.9 Å². The quantitative estimate of drug-likeness (QED) is 0.620. The molecule has 1 aliphatic carbocycles. The molecule has 1 aromatic heterocycles. The van der Waals surface area contributed by atoms with Crippen LogP contribution in [0.15, 0.2) is 30.3 Å². The van der Waals surface area contributed by atoms with E-state index < -0.39 is 0 Å². The Morgan fingerprint density at radius 1 is 1.16 bits per heavy atom. The second-order valence-electron chi connectivity index (χ2n) is 8.32. The summed E-state index contributed by atoms with van der Waals surface area (Å²) in [5, 5.41) is 3.22. The van der Waals surface area contributed by atoms with Gasteiger partial charge in [0.2, 0.25) is 5.91 Å². The molecular weight excluding hydrogens is 392 g/mol. The third-order valence-electron chi connectivity index (χ3n) is 6.27. The zero-order valence-electron chi connectivity index (χ0n) is 19.1. The van der Waals surface area contributed by atoms with E-state index in [1.807, 2.05) is 41.8 Å². The number of nitrogens with zero attached hydrogens (tertiary/aromatic N) is 1. The van der Waals surface area contributed by atoms with Crippen LogP contribution < -0.4 is 10.1 Å². The van der Waals surface area contributed by atoms with Gasteiger partial charge in [-0.1, -0.05) is 19.8 Å². The molecule has 3 rings (SSSR count). The highest BCUT2D eigenvalue weighted by molar-refractivity contribution is 5.92. The highest BCUT2D eigenvalue weighted by Gasteiger charge is 2.24. The Morgan fingerprint density at radius 3 is 2.52 bits per heavy atom. The summed E-state index contributed by atoms with van der Waals surface area (Å²) < 4.78 is 12.5. The smallest absolute Gasteiger partial charge is 0.339 e. The summed E-state index contributed by atoms with van der Waals surface area (Å²) in [6, 6.07) is 9.83.